The van der Waals surface area contributed by atoms with Gasteiger partial charge in [0.15, 0.2) is 0 Å². The normalized spacial score (nSPS) is 11.1. The molecule has 0 bridgehead atoms. The molecule has 7 nitrogen and oxygen atoms in total. The molecule has 0 aliphatic rings. The summed E-state index contributed by atoms with van der Waals surface area (Å²) < 4.78 is 4.52. The van der Waals surface area contributed by atoms with Crippen LogP contribution in [-0.4, -0.2) is 23.9 Å². The van der Waals surface area contributed by atoms with E-state index in [9.17, 15) is 19.5 Å². The standard InChI is InChI=1S/C12H14N2O5.Na/c13-8-3-1-7(2-4-8)12(18)19-10(15)6-5-9(14)11(16)17;/h1-4,9H,5-6,13-14H2,(H,16,17);/q;+1/p-1/t9-;/m0./s1. The summed E-state index contributed by atoms with van der Waals surface area (Å²) in [5, 5.41) is 10.3. The van der Waals surface area contributed by atoms with E-state index in [1.165, 1.54) is 24.3 Å². The van der Waals surface area contributed by atoms with Crippen molar-refractivity contribution in [1.82, 2.24) is 0 Å². The minimum Gasteiger partial charge on any atom is -0.548 e. The molecule has 8 heteroatoms. The van der Waals surface area contributed by atoms with Crippen molar-refractivity contribution in [2.75, 3.05) is 5.73 Å². The van der Waals surface area contributed by atoms with Crippen LogP contribution in [-0.2, 0) is 14.3 Å². The number of hydrogen-bond donors (Lipinski definition) is 2. The number of carbonyl (C=O) groups is 3. The summed E-state index contributed by atoms with van der Waals surface area (Å²) in [6.07, 6.45) is -0.438. The third kappa shape index (κ3) is 6.16. The van der Waals surface area contributed by atoms with Crippen LogP contribution < -0.4 is 46.1 Å². The average molecular weight is 288 g/mol. The fraction of sp³-hybridized carbons (Fsp3) is 0.250. The number of carboxylic acids is 1. The number of aliphatic carboxylic acids is 1. The first kappa shape index (κ1) is 18.6. The molecule has 0 saturated carbocycles. The second-order valence-corrected chi connectivity index (χ2v) is 3.85. The predicted molar refractivity (Wildman–Crippen MR) is 63.5 cm³/mol. The van der Waals surface area contributed by atoms with Gasteiger partial charge in [0.05, 0.1) is 11.5 Å². The number of nitrogen functional groups attached to an aromatic ring is 1. The molecule has 0 amide bonds. The number of carbonyl (C=O) groups excluding carboxylic acids is 3. The topological polar surface area (TPSA) is 136 Å². The van der Waals surface area contributed by atoms with E-state index >= 15 is 0 Å². The Hall–Kier alpha value is -1.41. The molecular formula is C12H13N2NaO5. The Morgan fingerprint density at radius 3 is 2.25 bits per heavy atom. The monoisotopic (exact) mass is 288 g/mol. The Morgan fingerprint density at radius 2 is 1.75 bits per heavy atom. The summed E-state index contributed by atoms with van der Waals surface area (Å²) in [7, 11) is 0. The van der Waals surface area contributed by atoms with E-state index in [4.69, 9.17) is 11.5 Å². The molecule has 0 aliphatic heterocycles. The van der Waals surface area contributed by atoms with Crippen molar-refractivity contribution in [3.63, 3.8) is 0 Å². The number of carboxylic acid groups (broad SMARTS) is 1. The van der Waals surface area contributed by atoms with Crippen molar-refractivity contribution in [2.24, 2.45) is 5.73 Å². The Kier molecular flexibility index (Phi) is 8.09. The molecule has 0 spiro atoms. The number of rotatable bonds is 5. The molecule has 0 heterocycles. The van der Waals surface area contributed by atoms with Gasteiger partial charge in [-0.1, -0.05) is 0 Å². The van der Waals surface area contributed by atoms with Crippen molar-refractivity contribution >= 4 is 23.6 Å². The Labute approximate surface area is 137 Å². The first-order valence-corrected chi connectivity index (χ1v) is 5.47. The molecule has 0 radical (unpaired) electrons. The van der Waals surface area contributed by atoms with Crippen LogP contribution >= 0.6 is 0 Å². The minimum absolute atomic E-state index is 0. The van der Waals surface area contributed by atoms with E-state index in [2.05, 4.69) is 4.74 Å². The SMILES string of the molecule is Nc1ccc(C(=O)OC(=O)CC[C@H](N)C(=O)[O-])cc1.[Na+]. The predicted octanol–water partition coefficient (Wildman–Crippen LogP) is -4.19. The number of nitrogens with two attached hydrogens (primary N) is 2. The third-order valence-electron chi connectivity index (χ3n) is 2.32. The van der Waals surface area contributed by atoms with Gasteiger partial charge in [-0.25, -0.2) is 4.79 Å². The second kappa shape index (κ2) is 8.70. The molecule has 0 aromatic heterocycles. The smallest absolute Gasteiger partial charge is 0.548 e. The van der Waals surface area contributed by atoms with E-state index in [1.54, 1.807) is 0 Å². The van der Waals surface area contributed by atoms with E-state index in [-0.39, 0.29) is 48.0 Å². The summed E-state index contributed by atoms with van der Waals surface area (Å²) in [4.78, 5) is 33.1. The maximum atomic E-state index is 11.5. The number of benzene rings is 1. The van der Waals surface area contributed by atoms with Gasteiger partial charge in [-0.05, 0) is 30.7 Å². The fourth-order valence-corrected chi connectivity index (χ4v) is 1.22. The van der Waals surface area contributed by atoms with E-state index < -0.39 is 23.9 Å². The van der Waals surface area contributed by atoms with Crippen LogP contribution in [0.1, 0.15) is 23.2 Å². The molecule has 0 saturated heterocycles. The van der Waals surface area contributed by atoms with E-state index in [0.29, 0.717) is 5.69 Å². The number of hydrogen-bond acceptors (Lipinski definition) is 7. The summed E-state index contributed by atoms with van der Waals surface area (Å²) in [6, 6.07) is 4.55. The molecule has 20 heavy (non-hydrogen) atoms. The molecule has 1 rings (SSSR count). The van der Waals surface area contributed by atoms with Gasteiger partial charge in [-0.3, -0.25) is 4.79 Å². The van der Waals surface area contributed by atoms with Gasteiger partial charge in [0.2, 0.25) is 0 Å². The van der Waals surface area contributed by atoms with Crippen LogP contribution in [0, 0.1) is 0 Å². The van der Waals surface area contributed by atoms with Gasteiger partial charge in [0.1, 0.15) is 0 Å². The molecule has 1 atom stereocenters. The van der Waals surface area contributed by atoms with Gasteiger partial charge in [-0.15, -0.1) is 0 Å². The average Bonchev–Trinajstić information content (AvgIpc) is 2.36. The van der Waals surface area contributed by atoms with E-state index in [1.807, 2.05) is 0 Å². The van der Waals surface area contributed by atoms with Crippen LogP contribution in [0.15, 0.2) is 24.3 Å². The minimum atomic E-state index is -1.46. The van der Waals surface area contributed by atoms with Crippen LogP contribution in [0.25, 0.3) is 0 Å². The number of anilines is 1. The molecule has 1 aromatic carbocycles. The summed E-state index contributed by atoms with van der Waals surface area (Å²) in [5.74, 6) is -3.14. The van der Waals surface area contributed by atoms with Gasteiger partial charge >= 0.3 is 41.5 Å². The zero-order valence-corrected chi connectivity index (χ0v) is 13.0. The van der Waals surface area contributed by atoms with Gasteiger partial charge in [0.25, 0.3) is 0 Å². The van der Waals surface area contributed by atoms with Crippen LogP contribution in [0.2, 0.25) is 0 Å². The summed E-state index contributed by atoms with van der Waals surface area (Å²) in [6.45, 7) is 0. The van der Waals surface area contributed by atoms with Crippen molar-refractivity contribution in [3.8, 4) is 0 Å². The van der Waals surface area contributed by atoms with Crippen molar-refractivity contribution in [1.29, 1.82) is 0 Å². The van der Waals surface area contributed by atoms with Gasteiger partial charge in [-0.2, -0.15) is 0 Å². The van der Waals surface area contributed by atoms with Crippen molar-refractivity contribution < 1.29 is 53.8 Å². The number of ether oxygens (including phenoxy) is 1. The van der Waals surface area contributed by atoms with Gasteiger partial charge in [0, 0.05) is 18.2 Å². The molecule has 102 valence electrons. The van der Waals surface area contributed by atoms with Gasteiger partial charge < -0.3 is 26.1 Å². The molecular weight excluding hydrogens is 275 g/mol. The Morgan fingerprint density at radius 1 is 1.20 bits per heavy atom. The van der Waals surface area contributed by atoms with E-state index in [0.717, 1.165) is 0 Å². The first-order chi connectivity index (χ1) is 8.90. The first-order valence-electron chi connectivity index (χ1n) is 5.47. The van der Waals surface area contributed by atoms with Crippen LogP contribution in [0.4, 0.5) is 5.69 Å². The van der Waals surface area contributed by atoms with Crippen LogP contribution in [0.5, 0.6) is 0 Å². The van der Waals surface area contributed by atoms with Crippen LogP contribution in [0.3, 0.4) is 0 Å². The van der Waals surface area contributed by atoms with Crippen molar-refractivity contribution in [3.05, 3.63) is 29.8 Å². The maximum Gasteiger partial charge on any atom is 1.00 e. The zero-order chi connectivity index (χ0) is 14.4. The Balaban J connectivity index is 0.00000361. The fourth-order valence-electron chi connectivity index (χ4n) is 1.22. The molecule has 4 N–H and O–H groups in total. The molecule has 0 aliphatic carbocycles. The molecule has 1 aromatic rings. The molecule has 0 unspecified atom stereocenters. The molecule has 0 fully saturated rings. The Bertz CT molecular complexity index is 489. The number of esters is 2. The largest absolute Gasteiger partial charge is 1.00 e. The third-order valence-corrected chi connectivity index (χ3v) is 2.32. The maximum absolute atomic E-state index is 11.5. The van der Waals surface area contributed by atoms with Crippen molar-refractivity contribution in [2.45, 2.75) is 18.9 Å². The zero-order valence-electron chi connectivity index (χ0n) is 11.0. The summed E-state index contributed by atoms with van der Waals surface area (Å²) >= 11 is 0. The quantitative estimate of drug-likeness (QED) is 0.243. The second-order valence-electron chi connectivity index (χ2n) is 3.85. The summed E-state index contributed by atoms with van der Waals surface area (Å²) in [5.41, 5.74) is 11.2.